The number of carbonyl (C=O) groups is 2. The number of amides is 1. The first-order valence-corrected chi connectivity index (χ1v) is 12.1. The molecule has 1 saturated heterocycles. The Bertz CT molecular complexity index is 1090. The van der Waals surface area contributed by atoms with Gasteiger partial charge in [0.25, 0.3) is 0 Å². The summed E-state index contributed by atoms with van der Waals surface area (Å²) >= 11 is 1.72. The highest BCUT2D eigenvalue weighted by Crippen LogP contribution is 2.19. The molecule has 1 aromatic carbocycles. The van der Waals surface area contributed by atoms with Gasteiger partial charge in [0.15, 0.2) is 0 Å². The van der Waals surface area contributed by atoms with Crippen molar-refractivity contribution in [3.8, 4) is 5.75 Å². The summed E-state index contributed by atoms with van der Waals surface area (Å²) in [5.41, 5.74) is 2.16. The van der Waals surface area contributed by atoms with E-state index in [0.717, 1.165) is 22.9 Å². The van der Waals surface area contributed by atoms with Crippen molar-refractivity contribution in [2.75, 3.05) is 31.9 Å². The van der Waals surface area contributed by atoms with E-state index in [2.05, 4.69) is 14.9 Å². The van der Waals surface area contributed by atoms with Crippen LogP contribution in [0.3, 0.4) is 0 Å². The highest BCUT2D eigenvalue weighted by Gasteiger charge is 2.23. The second-order valence-corrected chi connectivity index (χ2v) is 9.00. The fourth-order valence-electron chi connectivity index (χ4n) is 3.56. The Labute approximate surface area is 202 Å². The van der Waals surface area contributed by atoms with Crippen LogP contribution in [-0.4, -0.2) is 68.9 Å². The number of carbonyl (C=O) groups excluding carboxylic acids is 1. The molecule has 1 amide bonds. The third-order valence-electron chi connectivity index (χ3n) is 5.49. The van der Waals surface area contributed by atoms with Gasteiger partial charge < -0.3 is 14.7 Å². The van der Waals surface area contributed by atoms with Gasteiger partial charge in [0.1, 0.15) is 5.75 Å². The molecule has 0 saturated carbocycles. The van der Waals surface area contributed by atoms with E-state index in [1.807, 2.05) is 42.5 Å². The van der Waals surface area contributed by atoms with Gasteiger partial charge in [-0.1, -0.05) is 18.2 Å². The number of thioether (sulfide) groups is 1. The van der Waals surface area contributed by atoms with Crippen LogP contribution in [0.5, 0.6) is 5.75 Å². The number of aromatic carboxylic acids is 1. The van der Waals surface area contributed by atoms with Gasteiger partial charge in [-0.2, -0.15) is 0 Å². The van der Waals surface area contributed by atoms with Gasteiger partial charge in [-0.3, -0.25) is 9.88 Å². The minimum atomic E-state index is -0.986. The number of aromatic nitrogens is 2. The van der Waals surface area contributed by atoms with Crippen molar-refractivity contribution in [3.05, 3.63) is 83.8 Å². The van der Waals surface area contributed by atoms with Crippen molar-refractivity contribution >= 4 is 23.8 Å². The molecular formula is C25H26N4O4S. The first-order chi connectivity index (χ1) is 16.6. The number of carboxylic acids is 1. The minimum Gasteiger partial charge on any atom is -0.478 e. The molecule has 0 aliphatic carbocycles. The van der Waals surface area contributed by atoms with Crippen molar-refractivity contribution < 1.29 is 19.4 Å². The fourth-order valence-corrected chi connectivity index (χ4v) is 4.41. The molecule has 3 heterocycles. The number of piperazine rings is 1. The van der Waals surface area contributed by atoms with Crippen molar-refractivity contribution in [2.24, 2.45) is 0 Å². The van der Waals surface area contributed by atoms with E-state index in [0.29, 0.717) is 38.5 Å². The molecule has 3 aromatic rings. The summed E-state index contributed by atoms with van der Waals surface area (Å²) in [5.74, 6) is 0.483. The third kappa shape index (κ3) is 6.79. The summed E-state index contributed by atoms with van der Waals surface area (Å²) in [6.45, 7) is 3.14. The first-order valence-electron chi connectivity index (χ1n) is 11.1. The quantitative estimate of drug-likeness (QED) is 0.488. The molecular weight excluding hydrogens is 452 g/mol. The number of hydrogen-bond donors (Lipinski definition) is 1. The molecule has 1 fully saturated rings. The van der Waals surface area contributed by atoms with Gasteiger partial charge in [-0.25, -0.2) is 14.6 Å². The molecule has 0 atom stereocenters. The number of rotatable bonds is 8. The first kappa shape index (κ1) is 23.7. The fraction of sp³-hybridized carbons (Fsp3) is 0.280. The molecule has 1 N–H and O–H groups in total. The second-order valence-electron chi connectivity index (χ2n) is 7.88. The van der Waals surface area contributed by atoms with Crippen LogP contribution in [0.15, 0.2) is 72.0 Å². The van der Waals surface area contributed by atoms with Gasteiger partial charge in [0.2, 0.25) is 0 Å². The lowest BCUT2D eigenvalue weighted by atomic mass is 10.2. The lowest BCUT2D eigenvalue weighted by Gasteiger charge is -2.33. The largest absolute Gasteiger partial charge is 0.478 e. The molecule has 0 unspecified atom stereocenters. The topological polar surface area (TPSA) is 95.9 Å². The van der Waals surface area contributed by atoms with Crippen LogP contribution in [0.1, 0.15) is 21.6 Å². The SMILES string of the molecule is O=C(O)c1ccc(CN2CCN(C(=O)Oc3ccc(CCSc4ccccn4)cc3)CC2)nc1. The normalized spacial score (nSPS) is 14.1. The summed E-state index contributed by atoms with van der Waals surface area (Å²) < 4.78 is 5.56. The molecule has 1 aliphatic heterocycles. The molecule has 0 radical (unpaired) electrons. The second kappa shape index (κ2) is 11.6. The number of nitrogens with zero attached hydrogens (tertiary/aromatic N) is 4. The predicted octanol–water partition coefficient (Wildman–Crippen LogP) is 3.83. The van der Waals surface area contributed by atoms with Gasteiger partial charge in [0.05, 0.1) is 16.3 Å². The van der Waals surface area contributed by atoms with E-state index in [1.165, 1.54) is 11.8 Å². The van der Waals surface area contributed by atoms with Crippen molar-refractivity contribution in [3.63, 3.8) is 0 Å². The third-order valence-corrected chi connectivity index (χ3v) is 6.44. The zero-order valence-corrected chi connectivity index (χ0v) is 19.5. The smallest absolute Gasteiger partial charge is 0.415 e. The summed E-state index contributed by atoms with van der Waals surface area (Å²) in [4.78, 5) is 35.9. The Morgan fingerprint density at radius 3 is 2.41 bits per heavy atom. The molecule has 2 aromatic heterocycles. The Balaban J connectivity index is 1.19. The maximum absolute atomic E-state index is 12.6. The number of pyridine rings is 2. The van der Waals surface area contributed by atoms with E-state index in [1.54, 1.807) is 35.0 Å². The molecule has 176 valence electrons. The lowest BCUT2D eigenvalue weighted by molar-refractivity contribution is 0.0696. The van der Waals surface area contributed by atoms with Crippen LogP contribution in [0.4, 0.5) is 4.79 Å². The van der Waals surface area contributed by atoms with Gasteiger partial charge in [0, 0.05) is 50.9 Å². The van der Waals surface area contributed by atoms with Crippen LogP contribution in [-0.2, 0) is 13.0 Å². The Hall–Kier alpha value is -3.43. The Morgan fingerprint density at radius 2 is 1.76 bits per heavy atom. The Kier molecular flexibility index (Phi) is 8.11. The van der Waals surface area contributed by atoms with Crippen LogP contribution in [0, 0.1) is 0 Å². The summed E-state index contributed by atoms with van der Waals surface area (Å²) in [5, 5.41) is 9.98. The average Bonchev–Trinajstić information content (AvgIpc) is 2.86. The van der Waals surface area contributed by atoms with Crippen molar-refractivity contribution in [1.29, 1.82) is 0 Å². The van der Waals surface area contributed by atoms with E-state index in [-0.39, 0.29) is 11.7 Å². The van der Waals surface area contributed by atoms with Crippen molar-refractivity contribution in [1.82, 2.24) is 19.8 Å². The summed E-state index contributed by atoms with van der Waals surface area (Å²) in [7, 11) is 0. The van der Waals surface area contributed by atoms with Crippen LogP contribution >= 0.6 is 11.8 Å². The summed E-state index contributed by atoms with van der Waals surface area (Å²) in [6.07, 6.45) is 3.73. The van der Waals surface area contributed by atoms with Crippen LogP contribution in [0.25, 0.3) is 0 Å². The minimum absolute atomic E-state index is 0.174. The number of hydrogen-bond acceptors (Lipinski definition) is 7. The number of ether oxygens (including phenoxy) is 1. The summed E-state index contributed by atoms with van der Waals surface area (Å²) in [6, 6.07) is 16.8. The van der Waals surface area contributed by atoms with E-state index in [4.69, 9.17) is 9.84 Å². The van der Waals surface area contributed by atoms with Gasteiger partial charge in [-0.05, 0) is 48.4 Å². The molecule has 8 nitrogen and oxygen atoms in total. The number of carboxylic acid groups (broad SMARTS) is 1. The number of benzene rings is 1. The number of aryl methyl sites for hydroxylation is 1. The Morgan fingerprint density at radius 1 is 0.971 bits per heavy atom. The molecule has 34 heavy (non-hydrogen) atoms. The lowest BCUT2D eigenvalue weighted by Crippen LogP contribution is -2.49. The maximum atomic E-state index is 12.6. The average molecular weight is 479 g/mol. The highest BCUT2D eigenvalue weighted by atomic mass is 32.2. The molecule has 1 aliphatic rings. The molecule has 9 heteroatoms. The van der Waals surface area contributed by atoms with Crippen LogP contribution in [0.2, 0.25) is 0 Å². The predicted molar refractivity (Wildman–Crippen MR) is 129 cm³/mol. The monoisotopic (exact) mass is 478 g/mol. The zero-order valence-electron chi connectivity index (χ0n) is 18.7. The van der Waals surface area contributed by atoms with E-state index >= 15 is 0 Å². The zero-order chi connectivity index (χ0) is 23.8. The van der Waals surface area contributed by atoms with E-state index in [9.17, 15) is 9.59 Å². The van der Waals surface area contributed by atoms with Crippen molar-refractivity contribution in [2.45, 2.75) is 18.0 Å². The van der Waals surface area contributed by atoms with Crippen LogP contribution < -0.4 is 4.74 Å². The van der Waals surface area contributed by atoms with Gasteiger partial charge in [-0.15, -0.1) is 11.8 Å². The standard InChI is InChI=1S/C25H26N4O4S/c30-24(31)20-6-7-21(27-17-20)18-28-12-14-29(15-13-28)25(32)33-22-8-4-19(5-9-22)10-16-34-23-3-1-2-11-26-23/h1-9,11,17H,10,12-16,18H2,(H,30,31). The molecule has 0 bridgehead atoms. The van der Waals surface area contributed by atoms with E-state index < -0.39 is 5.97 Å². The molecule has 0 spiro atoms. The van der Waals surface area contributed by atoms with Gasteiger partial charge >= 0.3 is 12.1 Å². The maximum Gasteiger partial charge on any atom is 0.415 e. The molecule has 4 rings (SSSR count). The highest BCUT2D eigenvalue weighted by molar-refractivity contribution is 7.99.